The molecule has 0 aliphatic carbocycles. The Balaban J connectivity index is 2.21. The Morgan fingerprint density at radius 3 is 2.65 bits per heavy atom. The first-order chi connectivity index (χ1) is 8.20. The molecular weight excluding hydrogens is 216 g/mol. The van der Waals surface area contributed by atoms with Crippen molar-refractivity contribution >= 4 is 11.6 Å². The minimum atomic E-state index is -0.226. The Labute approximate surface area is 98.8 Å². The molecule has 0 saturated carbocycles. The number of hydrogen-bond donors (Lipinski definition) is 1. The van der Waals surface area contributed by atoms with Gasteiger partial charge in [0.05, 0.1) is 0 Å². The Bertz CT molecular complexity index is 542. The summed E-state index contributed by atoms with van der Waals surface area (Å²) in [6, 6.07) is 7.38. The van der Waals surface area contributed by atoms with Gasteiger partial charge in [0.2, 0.25) is 5.91 Å². The van der Waals surface area contributed by atoms with Crippen molar-refractivity contribution in [3.63, 3.8) is 0 Å². The van der Waals surface area contributed by atoms with E-state index in [4.69, 9.17) is 0 Å². The van der Waals surface area contributed by atoms with Crippen molar-refractivity contribution in [1.82, 2.24) is 14.8 Å². The number of hydrogen-bond acceptors (Lipinski definition) is 3. The molecule has 0 unspecified atom stereocenters. The fourth-order valence-corrected chi connectivity index (χ4v) is 1.44. The third-order valence-electron chi connectivity index (χ3n) is 2.31. The van der Waals surface area contributed by atoms with Gasteiger partial charge in [-0.1, -0.05) is 6.58 Å². The number of anilines is 1. The molecule has 0 atom stereocenters. The monoisotopic (exact) mass is 228 g/mol. The van der Waals surface area contributed by atoms with E-state index in [9.17, 15) is 4.79 Å². The first kappa shape index (κ1) is 11.1. The largest absolute Gasteiger partial charge is 0.323 e. The molecule has 0 bridgehead atoms. The summed E-state index contributed by atoms with van der Waals surface area (Å²) in [6.07, 6.45) is 2.87. The smallest absolute Gasteiger partial charge is 0.247 e. The highest BCUT2D eigenvalue weighted by atomic mass is 16.1. The van der Waals surface area contributed by atoms with E-state index >= 15 is 0 Å². The first-order valence-corrected chi connectivity index (χ1v) is 5.08. The molecule has 2 rings (SSSR count). The Hall–Kier alpha value is -2.43. The minimum Gasteiger partial charge on any atom is -0.323 e. The van der Waals surface area contributed by atoms with Crippen LogP contribution in [0.4, 0.5) is 5.69 Å². The fourth-order valence-electron chi connectivity index (χ4n) is 1.44. The van der Waals surface area contributed by atoms with E-state index in [2.05, 4.69) is 22.1 Å². The molecule has 5 heteroatoms. The van der Waals surface area contributed by atoms with Crippen LogP contribution >= 0.6 is 0 Å². The zero-order valence-corrected chi connectivity index (χ0v) is 9.42. The van der Waals surface area contributed by atoms with Gasteiger partial charge in [-0.3, -0.25) is 4.79 Å². The topological polar surface area (TPSA) is 59.8 Å². The number of nitrogens with zero attached hydrogens (tertiary/aromatic N) is 3. The van der Waals surface area contributed by atoms with Crippen molar-refractivity contribution in [3.05, 3.63) is 43.2 Å². The number of amides is 1. The maximum atomic E-state index is 11.1. The molecule has 0 saturated heterocycles. The van der Waals surface area contributed by atoms with E-state index in [0.29, 0.717) is 0 Å². The van der Waals surface area contributed by atoms with E-state index in [1.807, 2.05) is 35.9 Å². The molecule has 1 amide bonds. The predicted molar refractivity (Wildman–Crippen MR) is 65.3 cm³/mol. The quantitative estimate of drug-likeness (QED) is 0.812. The molecule has 5 nitrogen and oxygen atoms in total. The maximum Gasteiger partial charge on any atom is 0.247 e. The van der Waals surface area contributed by atoms with Gasteiger partial charge < -0.3 is 9.88 Å². The lowest BCUT2D eigenvalue weighted by Gasteiger charge is -2.04. The summed E-state index contributed by atoms with van der Waals surface area (Å²) in [5.41, 5.74) is 1.67. The summed E-state index contributed by atoms with van der Waals surface area (Å²) in [6.45, 7) is 3.39. The molecule has 0 radical (unpaired) electrons. The number of benzene rings is 1. The van der Waals surface area contributed by atoms with E-state index in [1.165, 1.54) is 6.08 Å². The molecular formula is C12H12N4O. The Kier molecular flexibility index (Phi) is 3.00. The summed E-state index contributed by atoms with van der Waals surface area (Å²) in [5.74, 6) is 0.558. The van der Waals surface area contributed by atoms with Crippen molar-refractivity contribution in [2.45, 2.75) is 0 Å². The Morgan fingerprint density at radius 2 is 2.12 bits per heavy atom. The van der Waals surface area contributed by atoms with Crippen molar-refractivity contribution in [2.24, 2.45) is 7.05 Å². The molecule has 0 spiro atoms. The number of aromatic nitrogens is 3. The SMILES string of the molecule is C=CC(=O)Nc1ccc(-c2nncn2C)cc1. The summed E-state index contributed by atoms with van der Waals surface area (Å²) in [5, 5.41) is 10.5. The lowest BCUT2D eigenvalue weighted by Crippen LogP contribution is -2.06. The van der Waals surface area contributed by atoms with Crippen LogP contribution in [-0.4, -0.2) is 20.7 Å². The van der Waals surface area contributed by atoms with Crippen molar-refractivity contribution < 1.29 is 4.79 Å². The van der Waals surface area contributed by atoms with Crippen LogP contribution in [0.2, 0.25) is 0 Å². The van der Waals surface area contributed by atoms with Crippen LogP contribution < -0.4 is 5.32 Å². The third-order valence-corrected chi connectivity index (χ3v) is 2.31. The minimum absolute atomic E-state index is 0.226. The normalized spacial score (nSPS) is 9.94. The van der Waals surface area contributed by atoms with Gasteiger partial charge >= 0.3 is 0 Å². The fraction of sp³-hybridized carbons (Fsp3) is 0.0833. The molecule has 1 N–H and O–H groups in total. The number of carbonyl (C=O) groups excluding carboxylic acids is 1. The van der Waals surface area contributed by atoms with E-state index < -0.39 is 0 Å². The van der Waals surface area contributed by atoms with Gasteiger partial charge in [-0.05, 0) is 30.3 Å². The average Bonchev–Trinajstić information content (AvgIpc) is 2.76. The van der Waals surface area contributed by atoms with Crippen molar-refractivity contribution in [2.75, 3.05) is 5.32 Å². The lowest BCUT2D eigenvalue weighted by molar-refractivity contribution is -0.111. The predicted octanol–water partition coefficient (Wildman–Crippen LogP) is 1.61. The standard InChI is InChI=1S/C12H12N4O/c1-3-11(17)14-10-6-4-9(5-7-10)12-15-13-8-16(12)2/h3-8H,1H2,2H3,(H,14,17). The highest BCUT2D eigenvalue weighted by Crippen LogP contribution is 2.18. The Morgan fingerprint density at radius 1 is 1.41 bits per heavy atom. The van der Waals surface area contributed by atoms with Gasteiger partial charge in [0.25, 0.3) is 0 Å². The number of aryl methyl sites for hydroxylation is 1. The van der Waals surface area contributed by atoms with Gasteiger partial charge in [0, 0.05) is 18.3 Å². The van der Waals surface area contributed by atoms with E-state index in [0.717, 1.165) is 17.1 Å². The second-order valence-corrected chi connectivity index (χ2v) is 3.54. The molecule has 1 aromatic carbocycles. The second kappa shape index (κ2) is 4.61. The first-order valence-electron chi connectivity index (χ1n) is 5.08. The molecule has 17 heavy (non-hydrogen) atoms. The van der Waals surface area contributed by atoms with Gasteiger partial charge in [0.15, 0.2) is 5.82 Å². The van der Waals surface area contributed by atoms with E-state index in [1.54, 1.807) is 6.33 Å². The van der Waals surface area contributed by atoms with Gasteiger partial charge in [0.1, 0.15) is 6.33 Å². The molecule has 0 fully saturated rings. The molecule has 2 aromatic rings. The highest BCUT2D eigenvalue weighted by molar-refractivity contribution is 5.98. The van der Waals surface area contributed by atoms with Crippen LogP contribution in [0.1, 0.15) is 0 Å². The van der Waals surface area contributed by atoms with Crippen LogP contribution in [0.15, 0.2) is 43.2 Å². The summed E-state index contributed by atoms with van der Waals surface area (Å²) in [4.78, 5) is 11.1. The molecule has 0 aliphatic rings. The van der Waals surface area contributed by atoms with Crippen molar-refractivity contribution in [3.8, 4) is 11.4 Å². The van der Waals surface area contributed by atoms with E-state index in [-0.39, 0.29) is 5.91 Å². The van der Waals surface area contributed by atoms with Gasteiger partial charge in [-0.15, -0.1) is 10.2 Å². The van der Waals surface area contributed by atoms with Gasteiger partial charge in [-0.25, -0.2) is 0 Å². The van der Waals surface area contributed by atoms with Gasteiger partial charge in [-0.2, -0.15) is 0 Å². The van der Waals surface area contributed by atoms with Crippen LogP contribution in [-0.2, 0) is 11.8 Å². The van der Waals surface area contributed by atoms with Crippen LogP contribution in [0.3, 0.4) is 0 Å². The number of nitrogens with one attached hydrogen (secondary N) is 1. The second-order valence-electron chi connectivity index (χ2n) is 3.54. The third kappa shape index (κ3) is 2.39. The average molecular weight is 228 g/mol. The highest BCUT2D eigenvalue weighted by Gasteiger charge is 2.04. The molecule has 1 aromatic heterocycles. The summed E-state index contributed by atoms with van der Waals surface area (Å²) >= 11 is 0. The zero-order valence-electron chi connectivity index (χ0n) is 9.42. The van der Waals surface area contributed by atoms with Crippen LogP contribution in [0.25, 0.3) is 11.4 Å². The number of rotatable bonds is 3. The molecule has 1 heterocycles. The molecule has 0 aliphatic heterocycles. The summed E-state index contributed by atoms with van der Waals surface area (Å²) in [7, 11) is 1.88. The van der Waals surface area contributed by atoms with Crippen LogP contribution in [0.5, 0.6) is 0 Å². The maximum absolute atomic E-state index is 11.1. The number of carbonyl (C=O) groups is 1. The zero-order chi connectivity index (χ0) is 12.3. The summed E-state index contributed by atoms with van der Waals surface area (Å²) < 4.78 is 1.83. The molecule has 86 valence electrons. The van der Waals surface area contributed by atoms with Crippen molar-refractivity contribution in [1.29, 1.82) is 0 Å². The van der Waals surface area contributed by atoms with Crippen LogP contribution in [0, 0.1) is 0 Å². The lowest BCUT2D eigenvalue weighted by atomic mass is 10.2.